The van der Waals surface area contributed by atoms with E-state index in [1.165, 1.54) is 6.92 Å². The molecule has 34 heavy (non-hydrogen) atoms. The molecule has 0 saturated carbocycles. The van der Waals surface area contributed by atoms with Gasteiger partial charge in [0.05, 0.1) is 5.39 Å². The summed E-state index contributed by atoms with van der Waals surface area (Å²) in [6.45, 7) is 5.19. The van der Waals surface area contributed by atoms with Crippen LogP contribution in [0.4, 0.5) is 0 Å². The zero-order chi connectivity index (χ0) is 24.2. The third-order valence-electron chi connectivity index (χ3n) is 5.02. The van der Waals surface area contributed by atoms with Gasteiger partial charge in [0.25, 0.3) is 23.1 Å². The molecule has 12 heteroatoms. The van der Waals surface area contributed by atoms with E-state index in [2.05, 4.69) is 42.7 Å². The van der Waals surface area contributed by atoms with Crippen molar-refractivity contribution in [2.45, 2.75) is 13.0 Å². The first kappa shape index (κ1) is 22.2. The van der Waals surface area contributed by atoms with Gasteiger partial charge in [-0.25, -0.2) is 5.10 Å². The van der Waals surface area contributed by atoms with Gasteiger partial charge in [0.2, 0.25) is 5.69 Å². The zero-order valence-corrected chi connectivity index (χ0v) is 17.9. The summed E-state index contributed by atoms with van der Waals surface area (Å²) in [5.74, 6) is -1.25. The predicted molar refractivity (Wildman–Crippen MR) is 120 cm³/mol. The Hall–Kier alpha value is -5.00. The van der Waals surface area contributed by atoms with Crippen LogP contribution in [0.1, 0.15) is 33.5 Å². The lowest BCUT2D eigenvalue weighted by Gasteiger charge is -2.19. The van der Waals surface area contributed by atoms with Gasteiger partial charge in [-0.1, -0.05) is 43.0 Å². The van der Waals surface area contributed by atoms with E-state index in [0.717, 1.165) is 0 Å². The lowest BCUT2D eigenvalue weighted by atomic mass is 10.0. The molecular weight excluding hydrogens is 442 g/mol. The van der Waals surface area contributed by atoms with E-state index in [1.807, 2.05) is 0 Å². The molecule has 0 aliphatic carbocycles. The van der Waals surface area contributed by atoms with Gasteiger partial charge in [-0.15, -0.1) is 0 Å². The van der Waals surface area contributed by atoms with E-state index in [0.29, 0.717) is 16.3 Å². The number of hydrogen-bond donors (Lipinski definition) is 4. The molecule has 0 fully saturated rings. The molecular formula is C22H19N7O5. The lowest BCUT2D eigenvalue weighted by Crippen LogP contribution is -2.46. The van der Waals surface area contributed by atoms with Crippen LogP contribution in [0.15, 0.2) is 70.6 Å². The van der Waals surface area contributed by atoms with Crippen molar-refractivity contribution in [3.63, 3.8) is 0 Å². The monoisotopic (exact) mass is 461 g/mol. The highest BCUT2D eigenvalue weighted by atomic mass is 16.8. The maximum atomic E-state index is 13.2. The van der Waals surface area contributed by atoms with E-state index in [-0.39, 0.29) is 27.7 Å². The number of carbonyl (C=O) groups is 2. The van der Waals surface area contributed by atoms with Crippen LogP contribution in [-0.4, -0.2) is 27.2 Å². The van der Waals surface area contributed by atoms with Gasteiger partial charge in [0, 0.05) is 23.0 Å². The molecule has 2 aromatic carbocycles. The van der Waals surface area contributed by atoms with Crippen molar-refractivity contribution < 1.29 is 19.1 Å². The highest BCUT2D eigenvalue weighted by Crippen LogP contribution is 2.20. The molecule has 2 amide bonds. The summed E-state index contributed by atoms with van der Waals surface area (Å²) in [6, 6.07) is 13.6. The van der Waals surface area contributed by atoms with E-state index in [9.17, 15) is 19.6 Å². The smallest absolute Gasteiger partial charge is 0.272 e. The van der Waals surface area contributed by atoms with Crippen molar-refractivity contribution in [3.05, 3.63) is 99.4 Å². The Morgan fingerprint density at radius 2 is 1.76 bits per heavy atom. The molecule has 0 radical (unpaired) electrons. The largest absolute Gasteiger partial charge is 0.359 e. The summed E-state index contributed by atoms with van der Waals surface area (Å²) >= 11 is 0. The number of aromatic nitrogens is 4. The average molecular weight is 461 g/mol. The number of nitrogens with one attached hydrogen (secondary N) is 4. The predicted octanol–water partition coefficient (Wildman–Crippen LogP) is 0.616. The molecule has 4 aromatic rings. The summed E-state index contributed by atoms with van der Waals surface area (Å²) < 4.78 is 4.50. The van der Waals surface area contributed by atoms with Gasteiger partial charge in [0.15, 0.2) is 6.04 Å². The van der Waals surface area contributed by atoms with Gasteiger partial charge >= 0.3 is 0 Å². The van der Waals surface area contributed by atoms with Crippen molar-refractivity contribution >= 4 is 28.3 Å². The van der Waals surface area contributed by atoms with Crippen molar-refractivity contribution in [1.29, 1.82) is 0 Å². The highest BCUT2D eigenvalue weighted by molar-refractivity contribution is 5.99. The van der Waals surface area contributed by atoms with Gasteiger partial charge in [-0.3, -0.25) is 29.9 Å². The Morgan fingerprint density at radius 1 is 1.09 bits per heavy atom. The van der Waals surface area contributed by atoms with Crippen molar-refractivity contribution in [1.82, 2.24) is 31.5 Å². The zero-order valence-electron chi connectivity index (χ0n) is 17.9. The van der Waals surface area contributed by atoms with Gasteiger partial charge in [-0.05, 0) is 23.1 Å². The second-order valence-corrected chi connectivity index (χ2v) is 7.21. The molecule has 1 atom stereocenters. The standard InChI is InChI=1S/C22H19N7O5/c1-12(17-13(2)29(33)34-28-17)24-27-22(32)19(23-20(30)14-8-4-3-5-9-14)18-15-10-6-7-11-16(15)21(31)26-25-18/h3-11,19,24H,1H2,2H3,(H,23,30)(H,26,31)(H,27,32). The summed E-state index contributed by atoms with van der Waals surface area (Å²) in [5.41, 5.74) is 5.31. The first-order valence-corrected chi connectivity index (χ1v) is 10.0. The van der Waals surface area contributed by atoms with Crippen LogP contribution in [0, 0.1) is 12.1 Å². The van der Waals surface area contributed by atoms with Gasteiger partial charge in [-0.2, -0.15) is 5.10 Å². The molecule has 0 aliphatic heterocycles. The van der Waals surface area contributed by atoms with Crippen molar-refractivity contribution in [2.24, 2.45) is 0 Å². The van der Waals surface area contributed by atoms with Crippen LogP contribution >= 0.6 is 0 Å². The van der Waals surface area contributed by atoms with Crippen LogP contribution in [0.25, 0.3) is 16.5 Å². The van der Waals surface area contributed by atoms with Crippen molar-refractivity contribution in [2.75, 3.05) is 0 Å². The third kappa shape index (κ3) is 4.32. The molecule has 12 nitrogen and oxygen atoms in total. The Morgan fingerprint density at radius 3 is 2.44 bits per heavy atom. The fourth-order valence-corrected chi connectivity index (χ4v) is 3.25. The van der Waals surface area contributed by atoms with Crippen LogP contribution in [0.3, 0.4) is 0 Å². The fraction of sp³-hybridized carbons (Fsp3) is 0.0909. The minimum absolute atomic E-state index is 0.0802. The van der Waals surface area contributed by atoms with E-state index >= 15 is 0 Å². The number of benzene rings is 2. The highest BCUT2D eigenvalue weighted by Gasteiger charge is 2.28. The quantitative estimate of drug-likeness (QED) is 0.229. The van der Waals surface area contributed by atoms with E-state index in [1.54, 1.807) is 54.6 Å². The summed E-state index contributed by atoms with van der Waals surface area (Å²) in [4.78, 5) is 38.4. The molecule has 0 spiro atoms. The minimum atomic E-state index is -1.31. The number of amides is 2. The molecule has 172 valence electrons. The fourth-order valence-electron chi connectivity index (χ4n) is 3.25. The van der Waals surface area contributed by atoms with Crippen LogP contribution in [0.2, 0.25) is 0 Å². The number of carbonyl (C=O) groups excluding carboxylic acids is 2. The normalized spacial score (nSPS) is 11.6. The summed E-state index contributed by atoms with van der Waals surface area (Å²) in [5, 5.41) is 24.7. The lowest BCUT2D eigenvalue weighted by molar-refractivity contribution is -0.806. The SMILES string of the molecule is C=C(NNC(=O)C(NC(=O)c1ccccc1)c1n[nH]c(=O)c2ccccc12)c1no[n+]([O-])c1C. The molecule has 4 rings (SSSR count). The van der Waals surface area contributed by atoms with Crippen molar-refractivity contribution in [3.8, 4) is 0 Å². The van der Waals surface area contributed by atoms with Gasteiger partial charge < -0.3 is 10.5 Å². The summed E-state index contributed by atoms with van der Waals surface area (Å²) in [7, 11) is 0. The second-order valence-electron chi connectivity index (χ2n) is 7.21. The molecule has 0 aliphatic rings. The molecule has 4 N–H and O–H groups in total. The number of rotatable bonds is 7. The number of aromatic amines is 1. The average Bonchev–Trinajstić information content (AvgIpc) is 3.20. The minimum Gasteiger partial charge on any atom is -0.359 e. The molecule has 1 unspecified atom stereocenters. The van der Waals surface area contributed by atoms with Crippen LogP contribution in [-0.2, 0) is 4.79 Å². The number of hydrazine groups is 1. The maximum Gasteiger partial charge on any atom is 0.272 e. The van der Waals surface area contributed by atoms with Crippen LogP contribution in [0.5, 0.6) is 0 Å². The van der Waals surface area contributed by atoms with E-state index < -0.39 is 23.4 Å². The third-order valence-corrected chi connectivity index (χ3v) is 5.02. The van der Waals surface area contributed by atoms with Crippen LogP contribution < -0.4 is 26.6 Å². The second kappa shape index (κ2) is 9.24. The Balaban J connectivity index is 1.65. The number of fused-ring (bicyclic) bond motifs is 1. The Kier molecular flexibility index (Phi) is 6.03. The number of hydrogen-bond acceptors (Lipinski definition) is 8. The maximum absolute atomic E-state index is 13.2. The summed E-state index contributed by atoms with van der Waals surface area (Å²) in [6.07, 6.45) is 0. The first-order chi connectivity index (χ1) is 16.4. The molecule has 2 aromatic heterocycles. The van der Waals surface area contributed by atoms with Gasteiger partial charge in [0.1, 0.15) is 11.4 Å². The Bertz CT molecular complexity index is 1450. The first-order valence-electron chi connectivity index (χ1n) is 10.0. The number of H-pyrrole nitrogens is 1. The van der Waals surface area contributed by atoms with E-state index in [4.69, 9.17) is 0 Å². The topological polar surface area (TPSA) is 169 Å². The number of nitrogens with zero attached hydrogens (tertiary/aromatic N) is 3. The molecule has 0 bridgehead atoms. The molecule has 0 saturated heterocycles. The molecule has 2 heterocycles. The Labute approximate surface area is 191 Å².